The van der Waals surface area contributed by atoms with Crippen LogP contribution in [0.2, 0.25) is 0 Å². The first kappa shape index (κ1) is 16.7. The number of carbonyl (C=O) groups excluding carboxylic acids is 1. The van der Waals surface area contributed by atoms with E-state index in [-0.39, 0.29) is 22.4 Å². The van der Waals surface area contributed by atoms with Crippen LogP contribution < -0.4 is 10.8 Å². The smallest absolute Gasteiger partial charge is 0.465 e. The van der Waals surface area contributed by atoms with E-state index in [1.165, 1.54) is 37.4 Å². The molecule has 108 valence electrons. The van der Waals surface area contributed by atoms with Crippen molar-refractivity contribution in [2.24, 2.45) is 0 Å². The average Bonchev–Trinajstić information content (AvgIpc) is 2.53. The summed E-state index contributed by atoms with van der Waals surface area (Å²) in [5.41, 5.74) is -0.839. The zero-order chi connectivity index (χ0) is 16.7. The molecular weight excluding hydrogens is 287 g/mol. The number of ether oxygens (including phenoxy) is 1. The van der Waals surface area contributed by atoms with Crippen LogP contribution in [0.5, 0.6) is 0 Å². The maximum Gasteiger partial charge on any atom is 0.490 e. The number of nitriles is 3. The Morgan fingerprint density at radius 3 is 2.32 bits per heavy atom. The van der Waals surface area contributed by atoms with Gasteiger partial charge < -0.3 is 20.1 Å². The number of anilines is 1. The standard InChI is InChI=1S/C13H9BN4O4/c1-22-13(19)8-2-3-10(14(20)21)11(4-8)18-12(7-17)9(5-15)6-16/h2-4,18,20-21H,1H3. The minimum Gasteiger partial charge on any atom is -0.465 e. The third-order valence-electron chi connectivity index (χ3n) is 2.60. The number of carbonyl (C=O) groups is 1. The van der Waals surface area contributed by atoms with Crippen molar-refractivity contribution >= 4 is 24.2 Å². The second-order valence-corrected chi connectivity index (χ2v) is 3.88. The van der Waals surface area contributed by atoms with Crippen LogP contribution in [-0.2, 0) is 4.74 Å². The summed E-state index contributed by atoms with van der Waals surface area (Å²) in [4.78, 5) is 11.5. The number of nitrogens with one attached hydrogen (secondary N) is 1. The van der Waals surface area contributed by atoms with Gasteiger partial charge in [0.1, 0.15) is 23.9 Å². The van der Waals surface area contributed by atoms with Gasteiger partial charge in [0.15, 0.2) is 5.57 Å². The van der Waals surface area contributed by atoms with E-state index in [0.29, 0.717) is 0 Å². The van der Waals surface area contributed by atoms with Crippen LogP contribution in [0.15, 0.2) is 29.5 Å². The normalized spacial score (nSPS) is 8.73. The predicted octanol–water partition coefficient (Wildman–Crippen LogP) is -0.610. The molecule has 9 heteroatoms. The van der Waals surface area contributed by atoms with E-state index in [1.807, 2.05) is 0 Å². The molecule has 0 fully saturated rings. The molecule has 0 aliphatic carbocycles. The van der Waals surface area contributed by atoms with Gasteiger partial charge in [0.25, 0.3) is 0 Å². The summed E-state index contributed by atoms with van der Waals surface area (Å²) in [6.45, 7) is 0. The van der Waals surface area contributed by atoms with Crippen molar-refractivity contribution in [3.8, 4) is 18.2 Å². The molecule has 0 saturated heterocycles. The first-order chi connectivity index (χ1) is 10.5. The molecule has 0 radical (unpaired) electrons. The van der Waals surface area contributed by atoms with E-state index in [4.69, 9.17) is 15.8 Å². The number of hydrogen-bond acceptors (Lipinski definition) is 8. The topological polar surface area (TPSA) is 150 Å². The third-order valence-corrected chi connectivity index (χ3v) is 2.60. The van der Waals surface area contributed by atoms with E-state index in [9.17, 15) is 14.8 Å². The van der Waals surface area contributed by atoms with Crippen molar-refractivity contribution in [1.82, 2.24) is 0 Å². The number of benzene rings is 1. The molecule has 0 amide bonds. The quantitative estimate of drug-likeness (QED) is 0.378. The molecule has 0 atom stereocenters. The molecule has 0 unspecified atom stereocenters. The van der Waals surface area contributed by atoms with Crippen molar-refractivity contribution in [2.45, 2.75) is 0 Å². The minimum absolute atomic E-state index is 0.0163. The van der Waals surface area contributed by atoms with Gasteiger partial charge in [-0.3, -0.25) is 0 Å². The highest BCUT2D eigenvalue weighted by atomic mass is 16.5. The number of nitrogens with zero attached hydrogens (tertiary/aromatic N) is 3. The molecule has 0 aromatic heterocycles. The van der Waals surface area contributed by atoms with Gasteiger partial charge >= 0.3 is 13.1 Å². The van der Waals surface area contributed by atoms with Gasteiger partial charge in [0, 0.05) is 11.2 Å². The summed E-state index contributed by atoms with van der Waals surface area (Å²) in [5, 5.41) is 47.6. The molecule has 0 heterocycles. The zero-order valence-corrected chi connectivity index (χ0v) is 11.4. The summed E-state index contributed by atoms with van der Waals surface area (Å²) >= 11 is 0. The zero-order valence-electron chi connectivity index (χ0n) is 11.4. The van der Waals surface area contributed by atoms with Gasteiger partial charge in [-0.2, -0.15) is 15.8 Å². The van der Waals surface area contributed by atoms with Gasteiger partial charge in [-0.25, -0.2) is 4.79 Å². The van der Waals surface area contributed by atoms with Gasteiger partial charge in [-0.05, 0) is 12.1 Å². The molecule has 3 N–H and O–H groups in total. The summed E-state index contributed by atoms with van der Waals surface area (Å²) in [5.74, 6) is -0.676. The van der Waals surface area contributed by atoms with Crippen molar-refractivity contribution in [3.05, 3.63) is 35.0 Å². The van der Waals surface area contributed by atoms with Crippen LogP contribution in [0.3, 0.4) is 0 Å². The van der Waals surface area contributed by atoms with Crippen LogP contribution in [0.4, 0.5) is 5.69 Å². The molecule has 8 nitrogen and oxygen atoms in total. The Hall–Kier alpha value is -3.32. The first-order valence-corrected chi connectivity index (χ1v) is 5.78. The predicted molar refractivity (Wildman–Crippen MR) is 75.1 cm³/mol. The second-order valence-electron chi connectivity index (χ2n) is 3.88. The van der Waals surface area contributed by atoms with E-state index in [2.05, 4.69) is 10.1 Å². The summed E-state index contributed by atoms with van der Waals surface area (Å²) < 4.78 is 4.54. The Balaban J connectivity index is 3.42. The Labute approximate surface area is 126 Å². The molecule has 0 aliphatic heterocycles. The molecule has 22 heavy (non-hydrogen) atoms. The van der Waals surface area contributed by atoms with E-state index < -0.39 is 18.7 Å². The van der Waals surface area contributed by atoms with Gasteiger partial charge in [-0.15, -0.1) is 0 Å². The summed E-state index contributed by atoms with van der Waals surface area (Å²) in [6.07, 6.45) is 0. The number of esters is 1. The van der Waals surface area contributed by atoms with Crippen molar-refractivity contribution in [2.75, 3.05) is 12.4 Å². The lowest BCUT2D eigenvalue weighted by molar-refractivity contribution is 0.0601. The lowest BCUT2D eigenvalue weighted by Gasteiger charge is -2.12. The van der Waals surface area contributed by atoms with Gasteiger partial charge in [-0.1, -0.05) is 6.07 Å². The fourth-order valence-electron chi connectivity index (χ4n) is 1.55. The van der Waals surface area contributed by atoms with Crippen LogP contribution >= 0.6 is 0 Å². The maximum atomic E-state index is 11.5. The van der Waals surface area contributed by atoms with Gasteiger partial charge in [0.2, 0.25) is 0 Å². The largest absolute Gasteiger partial charge is 0.490 e. The van der Waals surface area contributed by atoms with Crippen molar-refractivity contribution < 1.29 is 19.6 Å². The molecule has 0 aliphatic rings. The Kier molecular flexibility index (Phi) is 5.68. The minimum atomic E-state index is -1.89. The first-order valence-electron chi connectivity index (χ1n) is 5.78. The summed E-state index contributed by atoms with van der Waals surface area (Å²) in [6, 6.07) is 8.46. The Morgan fingerprint density at radius 1 is 1.23 bits per heavy atom. The molecule has 1 aromatic rings. The Bertz CT molecular complexity index is 737. The SMILES string of the molecule is COC(=O)c1ccc(B(O)O)c(NC(C#N)=C(C#N)C#N)c1. The Morgan fingerprint density at radius 2 is 1.86 bits per heavy atom. The fourth-order valence-corrected chi connectivity index (χ4v) is 1.55. The molecule has 1 aromatic carbocycles. The van der Waals surface area contributed by atoms with E-state index in [1.54, 1.807) is 6.07 Å². The maximum absolute atomic E-state index is 11.5. The highest BCUT2D eigenvalue weighted by Crippen LogP contribution is 2.14. The fraction of sp³-hybridized carbons (Fsp3) is 0.0769. The summed E-state index contributed by atoms with van der Waals surface area (Å²) in [7, 11) is -0.712. The molecule has 1 rings (SSSR count). The second kappa shape index (κ2) is 7.46. The van der Waals surface area contributed by atoms with Crippen molar-refractivity contribution in [3.63, 3.8) is 0 Å². The monoisotopic (exact) mass is 296 g/mol. The van der Waals surface area contributed by atoms with Crippen LogP contribution in [-0.4, -0.2) is 30.2 Å². The average molecular weight is 296 g/mol. The molecule has 0 saturated carbocycles. The van der Waals surface area contributed by atoms with Crippen LogP contribution in [0, 0.1) is 34.0 Å². The number of allylic oxidation sites excluding steroid dienone is 2. The lowest BCUT2D eigenvalue weighted by Crippen LogP contribution is -2.32. The van der Waals surface area contributed by atoms with Gasteiger partial charge in [0.05, 0.1) is 12.7 Å². The highest BCUT2D eigenvalue weighted by Gasteiger charge is 2.20. The lowest BCUT2D eigenvalue weighted by atomic mass is 9.78. The molecule has 0 bridgehead atoms. The molecule has 0 spiro atoms. The number of hydrogen-bond donors (Lipinski definition) is 3. The third kappa shape index (κ3) is 3.62. The number of methoxy groups -OCH3 is 1. The molecular formula is C13H9BN4O4. The highest BCUT2D eigenvalue weighted by molar-refractivity contribution is 6.60. The van der Waals surface area contributed by atoms with E-state index >= 15 is 0 Å². The van der Waals surface area contributed by atoms with Crippen LogP contribution in [0.25, 0.3) is 0 Å². The number of rotatable bonds is 4. The van der Waals surface area contributed by atoms with Crippen molar-refractivity contribution in [1.29, 1.82) is 15.8 Å². The van der Waals surface area contributed by atoms with E-state index in [0.717, 1.165) is 0 Å². The van der Waals surface area contributed by atoms with Crippen LogP contribution in [0.1, 0.15) is 10.4 Å².